The number of hydrogen-bond acceptors (Lipinski definition) is 3. The lowest BCUT2D eigenvalue weighted by Gasteiger charge is -2.22. The van der Waals surface area contributed by atoms with Gasteiger partial charge in [-0.3, -0.25) is 4.99 Å². The van der Waals surface area contributed by atoms with Gasteiger partial charge in [0.15, 0.2) is 5.96 Å². The van der Waals surface area contributed by atoms with E-state index in [9.17, 15) is 0 Å². The summed E-state index contributed by atoms with van der Waals surface area (Å²) in [4.78, 5) is 10.9. The Labute approximate surface area is 170 Å². The lowest BCUT2D eigenvalue weighted by Crippen LogP contribution is -2.39. The largest absolute Gasteiger partial charge is 0.356 e. The SMILES string of the molecule is CN=C(NCCCc1nc(C)cs1)N(C)Cc1ccc(Cl)cc1.I. The van der Waals surface area contributed by atoms with Crippen molar-refractivity contribution in [2.45, 2.75) is 26.3 Å². The molecule has 0 bridgehead atoms. The van der Waals surface area contributed by atoms with Crippen molar-refractivity contribution in [1.29, 1.82) is 0 Å². The lowest BCUT2D eigenvalue weighted by molar-refractivity contribution is 0.476. The van der Waals surface area contributed by atoms with Crippen LogP contribution in [0.1, 0.15) is 22.7 Å². The highest BCUT2D eigenvalue weighted by molar-refractivity contribution is 14.0. The molecule has 0 fully saturated rings. The summed E-state index contributed by atoms with van der Waals surface area (Å²) in [5, 5.41) is 7.47. The van der Waals surface area contributed by atoms with Gasteiger partial charge in [0.1, 0.15) is 0 Å². The second-order valence-electron chi connectivity index (χ2n) is 5.44. The zero-order chi connectivity index (χ0) is 16.7. The topological polar surface area (TPSA) is 40.5 Å². The summed E-state index contributed by atoms with van der Waals surface area (Å²) < 4.78 is 0. The molecule has 0 aliphatic heterocycles. The van der Waals surface area contributed by atoms with Crippen molar-refractivity contribution in [1.82, 2.24) is 15.2 Å². The third-order valence-corrected chi connectivity index (χ3v) is 4.70. The molecule has 0 aliphatic carbocycles. The summed E-state index contributed by atoms with van der Waals surface area (Å²) in [6, 6.07) is 7.90. The highest BCUT2D eigenvalue weighted by Gasteiger charge is 2.06. The van der Waals surface area contributed by atoms with Crippen LogP contribution in [0.3, 0.4) is 0 Å². The smallest absolute Gasteiger partial charge is 0.193 e. The number of thiazole rings is 1. The quantitative estimate of drug-likeness (QED) is 0.290. The van der Waals surface area contributed by atoms with Crippen LogP contribution in [0.4, 0.5) is 0 Å². The van der Waals surface area contributed by atoms with E-state index in [0.717, 1.165) is 42.6 Å². The Morgan fingerprint density at radius 2 is 2.04 bits per heavy atom. The third kappa shape index (κ3) is 6.94. The van der Waals surface area contributed by atoms with Crippen LogP contribution in [0, 0.1) is 6.92 Å². The van der Waals surface area contributed by atoms with Crippen molar-refractivity contribution in [3.8, 4) is 0 Å². The maximum Gasteiger partial charge on any atom is 0.193 e. The Morgan fingerprint density at radius 3 is 2.62 bits per heavy atom. The molecular formula is C17H24ClIN4S. The van der Waals surface area contributed by atoms with Crippen molar-refractivity contribution >= 4 is 52.9 Å². The zero-order valence-electron chi connectivity index (χ0n) is 14.3. The Hall–Kier alpha value is -0.860. The standard InChI is InChI=1S/C17H23ClN4S.HI/c1-13-12-23-16(21-13)5-4-10-20-17(19-2)22(3)11-14-6-8-15(18)9-7-14;/h6-9,12H,4-5,10-11H2,1-3H3,(H,19,20);1H. The predicted octanol–water partition coefficient (Wildman–Crippen LogP) is 4.36. The summed E-state index contributed by atoms with van der Waals surface area (Å²) in [7, 11) is 3.85. The molecule has 4 nitrogen and oxygen atoms in total. The van der Waals surface area contributed by atoms with E-state index in [1.165, 1.54) is 10.6 Å². The minimum absolute atomic E-state index is 0. The van der Waals surface area contributed by atoms with E-state index < -0.39 is 0 Å². The molecule has 0 unspecified atom stereocenters. The van der Waals surface area contributed by atoms with Crippen LogP contribution in [0.5, 0.6) is 0 Å². The van der Waals surface area contributed by atoms with Gasteiger partial charge < -0.3 is 10.2 Å². The van der Waals surface area contributed by atoms with Gasteiger partial charge >= 0.3 is 0 Å². The van der Waals surface area contributed by atoms with Crippen molar-refractivity contribution in [3.05, 3.63) is 50.9 Å². The Kier molecular flexibility index (Phi) is 9.61. The van der Waals surface area contributed by atoms with Crippen LogP contribution < -0.4 is 5.32 Å². The summed E-state index contributed by atoms with van der Waals surface area (Å²) >= 11 is 7.65. The molecule has 0 spiro atoms. The van der Waals surface area contributed by atoms with E-state index in [1.54, 1.807) is 11.3 Å². The molecule has 7 heteroatoms. The molecule has 0 aliphatic rings. The van der Waals surface area contributed by atoms with Crippen molar-refractivity contribution < 1.29 is 0 Å². The normalized spacial score (nSPS) is 11.1. The van der Waals surface area contributed by atoms with E-state index in [2.05, 4.69) is 25.6 Å². The van der Waals surface area contributed by atoms with E-state index >= 15 is 0 Å². The fourth-order valence-electron chi connectivity index (χ4n) is 2.28. The second kappa shape index (κ2) is 10.9. The van der Waals surface area contributed by atoms with Crippen LogP contribution in [0.2, 0.25) is 5.02 Å². The number of guanidine groups is 1. The van der Waals surface area contributed by atoms with Gasteiger partial charge in [-0.1, -0.05) is 23.7 Å². The average molecular weight is 479 g/mol. The van der Waals surface area contributed by atoms with Gasteiger partial charge in [-0.25, -0.2) is 4.98 Å². The summed E-state index contributed by atoms with van der Waals surface area (Å²) in [5.74, 6) is 0.898. The minimum atomic E-state index is 0. The molecule has 24 heavy (non-hydrogen) atoms. The van der Waals surface area contributed by atoms with E-state index in [0.29, 0.717) is 0 Å². The molecule has 1 aromatic carbocycles. The Bertz CT molecular complexity index is 642. The maximum atomic E-state index is 5.92. The van der Waals surface area contributed by atoms with Crippen LogP contribution in [-0.2, 0) is 13.0 Å². The fourth-order valence-corrected chi connectivity index (χ4v) is 3.22. The monoisotopic (exact) mass is 478 g/mol. The number of aromatic nitrogens is 1. The van der Waals surface area contributed by atoms with Crippen LogP contribution in [0.25, 0.3) is 0 Å². The van der Waals surface area contributed by atoms with E-state index in [4.69, 9.17) is 11.6 Å². The van der Waals surface area contributed by atoms with Gasteiger partial charge in [0.2, 0.25) is 0 Å². The summed E-state index contributed by atoms with van der Waals surface area (Å²) in [6.07, 6.45) is 2.05. The number of aryl methyl sites for hydroxylation is 2. The first kappa shape index (κ1) is 21.2. The minimum Gasteiger partial charge on any atom is -0.356 e. The van der Waals surface area contributed by atoms with Crippen molar-refractivity contribution in [3.63, 3.8) is 0 Å². The van der Waals surface area contributed by atoms with Crippen LogP contribution in [-0.4, -0.2) is 36.5 Å². The number of halogens is 2. The first-order valence-corrected chi connectivity index (χ1v) is 8.91. The summed E-state index contributed by atoms with van der Waals surface area (Å²) in [5.41, 5.74) is 2.31. The number of hydrogen-bond donors (Lipinski definition) is 1. The zero-order valence-corrected chi connectivity index (χ0v) is 18.2. The van der Waals surface area contributed by atoms with Crippen LogP contribution >= 0.6 is 46.9 Å². The Balaban J connectivity index is 0.00000288. The third-order valence-electron chi connectivity index (χ3n) is 3.42. The second-order valence-corrected chi connectivity index (χ2v) is 6.82. The van der Waals surface area contributed by atoms with Crippen LogP contribution in [0.15, 0.2) is 34.6 Å². The molecular weight excluding hydrogens is 455 g/mol. The number of nitrogens with one attached hydrogen (secondary N) is 1. The molecule has 1 aromatic heterocycles. The lowest BCUT2D eigenvalue weighted by atomic mass is 10.2. The average Bonchev–Trinajstić information content (AvgIpc) is 2.95. The molecule has 1 N–H and O–H groups in total. The molecule has 132 valence electrons. The molecule has 0 radical (unpaired) electrons. The fraction of sp³-hybridized carbons (Fsp3) is 0.412. The van der Waals surface area contributed by atoms with Gasteiger partial charge in [0, 0.05) is 49.7 Å². The number of benzene rings is 1. The van der Waals surface area contributed by atoms with Gasteiger partial charge in [-0.2, -0.15) is 0 Å². The van der Waals surface area contributed by atoms with Gasteiger partial charge in [0.25, 0.3) is 0 Å². The summed E-state index contributed by atoms with van der Waals surface area (Å²) in [6.45, 7) is 3.71. The Morgan fingerprint density at radius 1 is 1.33 bits per heavy atom. The number of nitrogens with zero attached hydrogens (tertiary/aromatic N) is 3. The molecule has 1 heterocycles. The van der Waals surface area contributed by atoms with E-state index in [1.807, 2.05) is 45.3 Å². The molecule has 2 aromatic rings. The molecule has 0 amide bonds. The molecule has 0 saturated heterocycles. The van der Waals surface area contributed by atoms with E-state index in [-0.39, 0.29) is 24.0 Å². The predicted molar refractivity (Wildman–Crippen MR) is 115 cm³/mol. The number of rotatable bonds is 6. The van der Waals surface area contributed by atoms with Gasteiger partial charge in [0.05, 0.1) is 5.01 Å². The van der Waals surface area contributed by atoms with Crippen molar-refractivity contribution in [2.24, 2.45) is 4.99 Å². The maximum absolute atomic E-state index is 5.92. The van der Waals surface area contributed by atoms with Crippen molar-refractivity contribution in [2.75, 3.05) is 20.6 Å². The first-order chi connectivity index (χ1) is 11.1. The molecule has 2 rings (SSSR count). The van der Waals surface area contributed by atoms with Gasteiger partial charge in [-0.15, -0.1) is 35.3 Å². The molecule has 0 saturated carbocycles. The highest BCUT2D eigenvalue weighted by atomic mass is 127. The first-order valence-electron chi connectivity index (χ1n) is 7.65. The molecule has 0 atom stereocenters. The number of aliphatic imine (C=N–C) groups is 1. The highest BCUT2D eigenvalue weighted by Crippen LogP contribution is 2.12. The van der Waals surface area contributed by atoms with Gasteiger partial charge in [-0.05, 0) is 31.0 Å².